The van der Waals surface area contributed by atoms with Crippen molar-refractivity contribution in [2.24, 2.45) is 0 Å². The molecule has 0 spiro atoms. The van der Waals surface area contributed by atoms with Crippen molar-refractivity contribution in [2.75, 3.05) is 19.6 Å². The van der Waals surface area contributed by atoms with Crippen LogP contribution in [0.3, 0.4) is 0 Å². The second-order valence-corrected chi connectivity index (χ2v) is 6.97. The van der Waals surface area contributed by atoms with E-state index in [4.69, 9.17) is 0 Å². The number of likely N-dealkylation sites (tertiary alicyclic amines) is 2. The topological polar surface area (TPSA) is 23.6 Å². The molecule has 2 aliphatic rings. The summed E-state index contributed by atoms with van der Waals surface area (Å²) in [4.78, 5) is 16.7. The molecule has 0 radical (unpaired) electrons. The maximum absolute atomic E-state index is 12.0. The molecule has 0 unspecified atom stereocenters. The number of amides is 1. The van der Waals surface area contributed by atoms with Gasteiger partial charge in [-0.25, -0.2) is 0 Å². The van der Waals surface area contributed by atoms with Crippen LogP contribution in [0.4, 0.5) is 0 Å². The van der Waals surface area contributed by atoms with E-state index >= 15 is 0 Å². The van der Waals surface area contributed by atoms with Crippen LogP contribution in [0.5, 0.6) is 0 Å². The number of rotatable bonds is 3. The van der Waals surface area contributed by atoms with Crippen LogP contribution < -0.4 is 0 Å². The van der Waals surface area contributed by atoms with E-state index in [1.165, 1.54) is 23.1 Å². The first-order valence-electron chi connectivity index (χ1n) is 8.71. The molecule has 2 aliphatic heterocycles. The molecule has 1 amide bonds. The summed E-state index contributed by atoms with van der Waals surface area (Å²) >= 11 is 0. The summed E-state index contributed by atoms with van der Waals surface area (Å²) in [6.07, 6.45) is 5.31. The van der Waals surface area contributed by atoms with E-state index in [9.17, 15) is 4.79 Å². The van der Waals surface area contributed by atoms with E-state index in [2.05, 4.69) is 41.8 Å². The van der Waals surface area contributed by atoms with Gasteiger partial charge in [-0.15, -0.1) is 0 Å². The molecule has 22 heavy (non-hydrogen) atoms. The van der Waals surface area contributed by atoms with Crippen molar-refractivity contribution >= 4 is 5.91 Å². The quantitative estimate of drug-likeness (QED) is 0.855. The monoisotopic (exact) mass is 300 g/mol. The number of piperidine rings is 2. The number of hydrogen-bond donors (Lipinski definition) is 0. The van der Waals surface area contributed by atoms with Crippen LogP contribution in [0.1, 0.15) is 48.8 Å². The van der Waals surface area contributed by atoms with Crippen LogP contribution in [-0.2, 0) is 11.3 Å². The predicted octanol–water partition coefficient (Wildman–Crippen LogP) is 3.28. The minimum atomic E-state index is 0.388. The third-order valence-electron chi connectivity index (χ3n) is 5.34. The Labute approximate surface area is 134 Å². The molecule has 3 nitrogen and oxygen atoms in total. The Bertz CT molecular complexity index is 532. The lowest BCUT2D eigenvalue weighted by Gasteiger charge is -2.40. The Morgan fingerprint density at radius 2 is 1.82 bits per heavy atom. The highest BCUT2D eigenvalue weighted by Crippen LogP contribution is 2.23. The molecule has 0 bridgehead atoms. The van der Waals surface area contributed by atoms with Crippen molar-refractivity contribution in [3.63, 3.8) is 0 Å². The van der Waals surface area contributed by atoms with Crippen LogP contribution in [0.25, 0.3) is 0 Å². The summed E-state index contributed by atoms with van der Waals surface area (Å²) in [5, 5.41) is 0. The number of nitrogens with zero attached hydrogens (tertiary/aromatic N) is 2. The minimum absolute atomic E-state index is 0.388. The van der Waals surface area contributed by atoms with E-state index in [1.54, 1.807) is 0 Å². The van der Waals surface area contributed by atoms with Crippen LogP contribution >= 0.6 is 0 Å². The Hall–Kier alpha value is -1.35. The van der Waals surface area contributed by atoms with Crippen LogP contribution in [-0.4, -0.2) is 41.4 Å². The largest absolute Gasteiger partial charge is 0.340 e. The average Bonchev–Trinajstić information content (AvgIpc) is 2.52. The second kappa shape index (κ2) is 6.82. The van der Waals surface area contributed by atoms with Gasteiger partial charge in [0.25, 0.3) is 0 Å². The van der Waals surface area contributed by atoms with Crippen molar-refractivity contribution in [1.82, 2.24) is 9.80 Å². The number of benzene rings is 1. The Kier molecular flexibility index (Phi) is 4.82. The molecule has 0 N–H and O–H groups in total. The molecule has 1 aromatic rings. The number of carbonyl (C=O) groups is 1. The normalized spacial score (nSPS) is 21.4. The summed E-state index contributed by atoms with van der Waals surface area (Å²) in [5.41, 5.74) is 4.16. The maximum Gasteiger partial charge on any atom is 0.222 e. The first-order valence-corrected chi connectivity index (χ1v) is 8.71. The molecule has 1 aromatic carbocycles. The molecule has 2 saturated heterocycles. The first-order chi connectivity index (χ1) is 10.6. The van der Waals surface area contributed by atoms with Gasteiger partial charge in [0.1, 0.15) is 0 Å². The van der Waals surface area contributed by atoms with Gasteiger partial charge in [-0.05, 0) is 56.2 Å². The van der Waals surface area contributed by atoms with Crippen molar-refractivity contribution in [3.05, 3.63) is 34.9 Å². The smallest absolute Gasteiger partial charge is 0.222 e. The molecular weight excluding hydrogens is 272 g/mol. The van der Waals surface area contributed by atoms with Gasteiger partial charge in [0.15, 0.2) is 0 Å². The first kappa shape index (κ1) is 15.5. The number of hydrogen-bond acceptors (Lipinski definition) is 2. The SMILES string of the molecule is Cc1ccc(CN2CCC(N3CCCCC3=O)CC2)cc1C. The summed E-state index contributed by atoms with van der Waals surface area (Å²) in [7, 11) is 0. The van der Waals surface area contributed by atoms with Gasteiger partial charge < -0.3 is 4.90 Å². The van der Waals surface area contributed by atoms with Gasteiger partial charge in [-0.2, -0.15) is 0 Å². The number of carbonyl (C=O) groups excluding carboxylic acids is 1. The number of aryl methyl sites for hydroxylation is 2. The van der Waals surface area contributed by atoms with Crippen molar-refractivity contribution in [1.29, 1.82) is 0 Å². The lowest BCUT2D eigenvalue weighted by atomic mass is 9.98. The van der Waals surface area contributed by atoms with Gasteiger partial charge in [0, 0.05) is 38.6 Å². The standard InChI is InChI=1S/C19H28N2O/c1-15-6-7-17(13-16(15)2)14-20-11-8-18(9-12-20)21-10-4-3-5-19(21)22/h6-7,13,18H,3-5,8-12,14H2,1-2H3. The molecule has 120 valence electrons. The van der Waals surface area contributed by atoms with Gasteiger partial charge >= 0.3 is 0 Å². The van der Waals surface area contributed by atoms with E-state index in [-0.39, 0.29) is 0 Å². The van der Waals surface area contributed by atoms with Crippen molar-refractivity contribution < 1.29 is 4.79 Å². The molecule has 0 atom stereocenters. The van der Waals surface area contributed by atoms with Gasteiger partial charge in [0.05, 0.1) is 0 Å². The van der Waals surface area contributed by atoms with Gasteiger partial charge in [-0.3, -0.25) is 9.69 Å². The Morgan fingerprint density at radius 1 is 1.05 bits per heavy atom. The average molecular weight is 300 g/mol. The Balaban J connectivity index is 1.53. The molecule has 0 aromatic heterocycles. The lowest BCUT2D eigenvalue weighted by Crippen LogP contribution is -2.48. The Morgan fingerprint density at radius 3 is 2.50 bits per heavy atom. The highest BCUT2D eigenvalue weighted by molar-refractivity contribution is 5.77. The summed E-state index contributed by atoms with van der Waals surface area (Å²) in [6.45, 7) is 8.61. The fourth-order valence-electron chi connectivity index (χ4n) is 3.76. The molecule has 2 fully saturated rings. The van der Waals surface area contributed by atoms with E-state index in [0.717, 1.165) is 51.9 Å². The lowest BCUT2D eigenvalue weighted by molar-refractivity contribution is -0.136. The third-order valence-corrected chi connectivity index (χ3v) is 5.34. The fourth-order valence-corrected chi connectivity index (χ4v) is 3.76. The highest BCUT2D eigenvalue weighted by atomic mass is 16.2. The summed E-state index contributed by atoms with van der Waals surface area (Å²) in [6, 6.07) is 7.28. The van der Waals surface area contributed by atoms with Gasteiger partial charge in [-0.1, -0.05) is 18.2 Å². The zero-order valence-corrected chi connectivity index (χ0v) is 14.0. The summed E-state index contributed by atoms with van der Waals surface area (Å²) < 4.78 is 0. The van der Waals surface area contributed by atoms with Crippen LogP contribution in [0.2, 0.25) is 0 Å². The van der Waals surface area contributed by atoms with Crippen LogP contribution in [0.15, 0.2) is 18.2 Å². The zero-order valence-electron chi connectivity index (χ0n) is 14.0. The fraction of sp³-hybridized carbons (Fsp3) is 0.632. The summed E-state index contributed by atoms with van der Waals surface area (Å²) in [5.74, 6) is 0.388. The molecular formula is C19H28N2O. The molecule has 0 aliphatic carbocycles. The maximum atomic E-state index is 12.0. The third kappa shape index (κ3) is 3.52. The van der Waals surface area contributed by atoms with E-state index < -0.39 is 0 Å². The van der Waals surface area contributed by atoms with Crippen molar-refractivity contribution in [3.8, 4) is 0 Å². The van der Waals surface area contributed by atoms with E-state index in [1.807, 2.05) is 0 Å². The second-order valence-electron chi connectivity index (χ2n) is 6.97. The van der Waals surface area contributed by atoms with Gasteiger partial charge in [0.2, 0.25) is 5.91 Å². The van der Waals surface area contributed by atoms with Crippen LogP contribution in [0, 0.1) is 13.8 Å². The molecule has 2 heterocycles. The zero-order chi connectivity index (χ0) is 15.5. The molecule has 3 rings (SSSR count). The molecule has 0 saturated carbocycles. The predicted molar refractivity (Wildman–Crippen MR) is 89.8 cm³/mol. The minimum Gasteiger partial charge on any atom is -0.340 e. The van der Waals surface area contributed by atoms with Crippen molar-refractivity contribution in [2.45, 2.75) is 58.5 Å². The highest BCUT2D eigenvalue weighted by Gasteiger charge is 2.29. The van der Waals surface area contributed by atoms with E-state index in [0.29, 0.717) is 11.9 Å². The molecule has 3 heteroatoms.